The summed E-state index contributed by atoms with van der Waals surface area (Å²) in [5, 5.41) is 2.29. The Kier molecular flexibility index (Phi) is 2.00. The van der Waals surface area contributed by atoms with Crippen LogP contribution in [0, 0.1) is 0 Å². The molecule has 11 heavy (non-hydrogen) atoms. The molecule has 0 spiro atoms. The first-order chi connectivity index (χ1) is 5.24. The summed E-state index contributed by atoms with van der Waals surface area (Å²) in [5.74, 6) is 0. The zero-order valence-electron chi connectivity index (χ0n) is 5.78. The number of allylic oxidation sites excluding steroid dienone is 1. The van der Waals surface area contributed by atoms with E-state index in [0.29, 0.717) is 6.54 Å². The lowest BCUT2D eigenvalue weighted by molar-refractivity contribution is 0.636. The number of rotatable bonds is 2. The van der Waals surface area contributed by atoms with Gasteiger partial charge in [0.1, 0.15) is 6.33 Å². The van der Waals surface area contributed by atoms with E-state index in [1.807, 2.05) is 0 Å². The van der Waals surface area contributed by atoms with E-state index in [1.165, 1.54) is 11.0 Å². The molecule has 0 aliphatic carbocycles. The van der Waals surface area contributed by atoms with E-state index in [1.54, 1.807) is 6.08 Å². The van der Waals surface area contributed by atoms with Crippen molar-refractivity contribution in [3.8, 4) is 0 Å². The maximum absolute atomic E-state index is 10.6. The van der Waals surface area contributed by atoms with Gasteiger partial charge in [-0.15, -0.1) is 6.58 Å². The van der Waals surface area contributed by atoms with Crippen molar-refractivity contribution in [3.05, 3.63) is 39.7 Å². The molecule has 0 saturated heterocycles. The molecule has 0 aromatic carbocycles. The van der Waals surface area contributed by atoms with E-state index in [4.69, 9.17) is 0 Å². The number of hydrogen-bond acceptors (Lipinski definition) is 3. The van der Waals surface area contributed by atoms with E-state index in [-0.39, 0.29) is 0 Å². The molecule has 0 aliphatic heterocycles. The first-order valence-electron chi connectivity index (χ1n) is 3.00. The van der Waals surface area contributed by atoms with E-state index >= 15 is 0 Å². The maximum Gasteiger partial charge on any atom is 0.338 e. The van der Waals surface area contributed by atoms with Crippen molar-refractivity contribution in [2.24, 2.45) is 0 Å². The van der Waals surface area contributed by atoms with Crippen LogP contribution in [-0.2, 0) is 6.54 Å². The second-order valence-corrected chi connectivity index (χ2v) is 1.93. The Labute approximate surface area is 62.0 Å². The molecule has 0 amide bonds. The topological polar surface area (TPSA) is 67.8 Å². The Morgan fingerprint density at radius 2 is 2.45 bits per heavy atom. The standard InChI is InChI=1S/C6H7N3O2/c1-2-3-9-4-7-5(10)6(11)8-9/h2,4H,1,3H2,(H,8,11). The summed E-state index contributed by atoms with van der Waals surface area (Å²) in [7, 11) is 0. The minimum Gasteiger partial charge on any atom is -0.270 e. The normalized spacial score (nSPS) is 9.45. The third kappa shape index (κ3) is 1.64. The Hall–Kier alpha value is -1.65. The molecular formula is C6H7N3O2. The number of hydrogen-bond donors (Lipinski definition) is 1. The Bertz CT molecular complexity index is 363. The zero-order valence-corrected chi connectivity index (χ0v) is 5.78. The van der Waals surface area contributed by atoms with Gasteiger partial charge in [0.15, 0.2) is 0 Å². The molecule has 0 saturated carbocycles. The lowest BCUT2D eigenvalue weighted by Gasteiger charge is -1.97. The molecule has 5 nitrogen and oxygen atoms in total. The summed E-state index contributed by atoms with van der Waals surface area (Å²) < 4.78 is 1.37. The molecule has 0 atom stereocenters. The smallest absolute Gasteiger partial charge is 0.270 e. The molecule has 1 aromatic rings. The largest absolute Gasteiger partial charge is 0.338 e. The minimum absolute atomic E-state index is 0.433. The van der Waals surface area contributed by atoms with E-state index in [2.05, 4.69) is 16.7 Å². The Morgan fingerprint density at radius 3 is 3.00 bits per heavy atom. The van der Waals surface area contributed by atoms with Crippen LogP contribution in [0.3, 0.4) is 0 Å². The van der Waals surface area contributed by atoms with Crippen molar-refractivity contribution >= 4 is 0 Å². The van der Waals surface area contributed by atoms with Gasteiger partial charge >= 0.3 is 11.1 Å². The number of H-pyrrole nitrogens is 1. The van der Waals surface area contributed by atoms with Gasteiger partial charge in [-0.05, 0) is 0 Å². The first kappa shape index (κ1) is 7.46. The zero-order chi connectivity index (χ0) is 8.27. The van der Waals surface area contributed by atoms with Crippen LogP contribution in [-0.4, -0.2) is 14.8 Å². The lowest BCUT2D eigenvalue weighted by Crippen LogP contribution is -2.32. The van der Waals surface area contributed by atoms with Crippen LogP contribution in [0.4, 0.5) is 0 Å². The van der Waals surface area contributed by atoms with Crippen molar-refractivity contribution in [1.29, 1.82) is 0 Å². The second kappa shape index (κ2) is 2.96. The summed E-state index contributed by atoms with van der Waals surface area (Å²) >= 11 is 0. The summed E-state index contributed by atoms with van der Waals surface area (Å²) in [4.78, 5) is 24.4. The Morgan fingerprint density at radius 1 is 1.73 bits per heavy atom. The van der Waals surface area contributed by atoms with Gasteiger partial charge in [-0.1, -0.05) is 6.08 Å². The quantitative estimate of drug-likeness (QED) is 0.443. The summed E-state index contributed by atoms with van der Waals surface area (Å²) in [6.07, 6.45) is 2.84. The van der Waals surface area contributed by atoms with Crippen LogP contribution < -0.4 is 11.1 Å². The summed E-state index contributed by atoms with van der Waals surface area (Å²) in [6.45, 7) is 3.89. The molecule has 0 fully saturated rings. The van der Waals surface area contributed by atoms with Crippen molar-refractivity contribution in [1.82, 2.24) is 14.8 Å². The van der Waals surface area contributed by atoms with Gasteiger partial charge in [-0.25, -0.2) is 0 Å². The van der Waals surface area contributed by atoms with Crippen molar-refractivity contribution in [2.75, 3.05) is 0 Å². The van der Waals surface area contributed by atoms with Gasteiger partial charge in [0.05, 0.1) is 6.54 Å². The van der Waals surface area contributed by atoms with Crippen molar-refractivity contribution < 1.29 is 0 Å². The van der Waals surface area contributed by atoms with Gasteiger partial charge in [0.25, 0.3) is 0 Å². The first-order valence-corrected chi connectivity index (χ1v) is 3.00. The minimum atomic E-state index is -0.773. The van der Waals surface area contributed by atoms with Gasteiger partial charge in [-0.2, -0.15) is 4.98 Å². The maximum atomic E-state index is 10.6. The SMILES string of the molecule is C=CCn1cnc(=O)c(=O)[nH]1. The number of nitrogens with zero attached hydrogens (tertiary/aromatic N) is 2. The molecule has 58 valence electrons. The number of aromatic nitrogens is 3. The van der Waals surface area contributed by atoms with Crippen LogP contribution in [0.1, 0.15) is 0 Å². The molecule has 5 heteroatoms. The molecule has 0 bridgehead atoms. The molecule has 0 radical (unpaired) electrons. The number of nitrogens with one attached hydrogen (secondary N) is 1. The molecular weight excluding hydrogens is 146 g/mol. The molecule has 1 N–H and O–H groups in total. The highest BCUT2D eigenvalue weighted by Gasteiger charge is 1.92. The third-order valence-electron chi connectivity index (χ3n) is 1.08. The third-order valence-corrected chi connectivity index (χ3v) is 1.08. The fourth-order valence-corrected chi connectivity index (χ4v) is 0.620. The van der Waals surface area contributed by atoms with E-state index < -0.39 is 11.1 Å². The van der Waals surface area contributed by atoms with Crippen LogP contribution in [0.5, 0.6) is 0 Å². The predicted octanol–water partition coefficient (Wildman–Crippen LogP) is -0.882. The second-order valence-electron chi connectivity index (χ2n) is 1.93. The van der Waals surface area contributed by atoms with Crippen LogP contribution in [0.15, 0.2) is 28.6 Å². The molecule has 0 unspecified atom stereocenters. The van der Waals surface area contributed by atoms with Gasteiger partial charge < -0.3 is 0 Å². The fraction of sp³-hybridized carbons (Fsp3) is 0.167. The van der Waals surface area contributed by atoms with Crippen molar-refractivity contribution in [3.63, 3.8) is 0 Å². The average Bonchev–Trinajstić information content (AvgIpc) is 1.98. The fourth-order valence-electron chi connectivity index (χ4n) is 0.620. The van der Waals surface area contributed by atoms with Gasteiger partial charge in [0.2, 0.25) is 0 Å². The predicted molar refractivity (Wildman–Crippen MR) is 39.3 cm³/mol. The molecule has 1 heterocycles. The Balaban J connectivity index is 3.15. The average molecular weight is 153 g/mol. The van der Waals surface area contributed by atoms with Gasteiger partial charge in [0, 0.05) is 0 Å². The summed E-state index contributed by atoms with van der Waals surface area (Å²) in [6, 6.07) is 0. The van der Waals surface area contributed by atoms with Crippen molar-refractivity contribution in [2.45, 2.75) is 6.54 Å². The number of aromatic amines is 1. The van der Waals surface area contributed by atoms with Gasteiger partial charge in [-0.3, -0.25) is 19.4 Å². The summed E-state index contributed by atoms with van der Waals surface area (Å²) in [5.41, 5.74) is -1.49. The molecule has 1 aromatic heterocycles. The monoisotopic (exact) mass is 153 g/mol. The molecule has 0 aliphatic rings. The van der Waals surface area contributed by atoms with Crippen LogP contribution in [0.2, 0.25) is 0 Å². The highest BCUT2D eigenvalue weighted by molar-refractivity contribution is 4.73. The van der Waals surface area contributed by atoms with E-state index in [9.17, 15) is 9.59 Å². The van der Waals surface area contributed by atoms with Crippen LogP contribution in [0.25, 0.3) is 0 Å². The van der Waals surface area contributed by atoms with E-state index in [0.717, 1.165) is 0 Å². The highest BCUT2D eigenvalue weighted by Crippen LogP contribution is 1.72. The van der Waals surface area contributed by atoms with Crippen LogP contribution >= 0.6 is 0 Å². The highest BCUT2D eigenvalue weighted by atomic mass is 16.2. The lowest BCUT2D eigenvalue weighted by atomic mass is 10.6. The molecule has 1 rings (SSSR count).